The number of benzene rings is 1. The van der Waals surface area contributed by atoms with E-state index in [0.29, 0.717) is 11.6 Å². The molecule has 0 saturated heterocycles. The second-order valence-corrected chi connectivity index (χ2v) is 10.3. The fraction of sp³-hybridized carbons (Fsp3) is 0.571. The van der Waals surface area contributed by atoms with Gasteiger partial charge in [-0.3, -0.25) is 0 Å². The Hall–Kier alpha value is -0.323. The van der Waals surface area contributed by atoms with E-state index in [2.05, 4.69) is 48.9 Å². The molecule has 0 aromatic heterocycles. The van der Waals surface area contributed by atoms with Gasteiger partial charge in [0.15, 0.2) is 0 Å². The summed E-state index contributed by atoms with van der Waals surface area (Å²) in [5.74, 6) is 0.855. The molecule has 0 fully saturated rings. The largest absolute Gasteiger partial charge is 0.496 e. The Kier molecular flexibility index (Phi) is 5.88. The van der Waals surface area contributed by atoms with Gasteiger partial charge in [-0.05, 0) is 38.7 Å². The molecule has 0 amide bonds. The van der Waals surface area contributed by atoms with Crippen LogP contribution in [0.5, 0.6) is 5.75 Å². The van der Waals surface area contributed by atoms with Crippen LogP contribution in [0.25, 0.3) is 0 Å². The lowest BCUT2D eigenvalue weighted by molar-refractivity contribution is 0.100. The second-order valence-electron chi connectivity index (χ2n) is 5.60. The van der Waals surface area contributed by atoms with Gasteiger partial charge in [-0.25, -0.2) is 0 Å². The molecule has 2 nitrogen and oxygen atoms in total. The molecular formula is C14H23BrO2Si. The van der Waals surface area contributed by atoms with Gasteiger partial charge in [0.2, 0.25) is 0 Å². The molecule has 18 heavy (non-hydrogen) atoms. The quantitative estimate of drug-likeness (QED) is 0.726. The Morgan fingerprint density at radius 3 is 2.50 bits per heavy atom. The summed E-state index contributed by atoms with van der Waals surface area (Å²) in [5.41, 5.74) is 1.15. The molecule has 0 aliphatic carbocycles. The van der Waals surface area contributed by atoms with E-state index >= 15 is 0 Å². The van der Waals surface area contributed by atoms with Crippen LogP contribution in [0.1, 0.15) is 19.4 Å². The van der Waals surface area contributed by atoms with E-state index in [1.54, 1.807) is 7.11 Å². The normalized spacial score (nSPS) is 11.9. The van der Waals surface area contributed by atoms with Crippen LogP contribution in [0.15, 0.2) is 22.7 Å². The fourth-order valence-corrected chi connectivity index (χ4v) is 2.25. The summed E-state index contributed by atoms with van der Waals surface area (Å²) < 4.78 is 12.1. The van der Waals surface area contributed by atoms with Crippen molar-refractivity contribution in [3.05, 3.63) is 28.2 Å². The summed E-state index contributed by atoms with van der Waals surface area (Å²) >= 11 is 3.45. The smallest absolute Gasteiger partial charge is 0.133 e. The molecule has 0 heterocycles. The molecule has 1 aromatic rings. The predicted octanol–water partition coefficient (Wildman–Crippen LogP) is 4.24. The van der Waals surface area contributed by atoms with E-state index in [-0.39, 0.29) is 0 Å². The molecule has 1 rings (SSSR count). The maximum absolute atomic E-state index is 5.85. The lowest BCUT2D eigenvalue weighted by atomic mass is 10.2. The Morgan fingerprint density at radius 2 is 1.94 bits per heavy atom. The summed E-state index contributed by atoms with van der Waals surface area (Å²) in [6.07, 6.45) is 0. The van der Waals surface area contributed by atoms with E-state index < -0.39 is 8.80 Å². The number of halogens is 1. The molecule has 0 bridgehead atoms. The first-order valence-corrected chi connectivity index (χ1v) is 9.95. The van der Waals surface area contributed by atoms with Crippen molar-refractivity contribution in [3.8, 4) is 5.75 Å². The van der Waals surface area contributed by atoms with Crippen molar-refractivity contribution in [1.29, 1.82) is 0 Å². The van der Waals surface area contributed by atoms with E-state index in [1.165, 1.54) is 0 Å². The summed E-state index contributed by atoms with van der Waals surface area (Å²) in [6.45, 7) is 10.8. The highest BCUT2D eigenvalue weighted by molar-refractivity contribution is 9.10. The summed E-state index contributed by atoms with van der Waals surface area (Å²) in [5, 5.41) is 0.347. The van der Waals surface area contributed by atoms with Gasteiger partial charge in [-0.1, -0.05) is 33.0 Å². The van der Waals surface area contributed by atoms with Crippen molar-refractivity contribution in [2.75, 3.05) is 13.7 Å². The van der Waals surface area contributed by atoms with Gasteiger partial charge < -0.3 is 9.47 Å². The zero-order valence-corrected chi connectivity index (χ0v) is 14.7. The first kappa shape index (κ1) is 15.7. The van der Waals surface area contributed by atoms with Crippen molar-refractivity contribution in [2.45, 2.75) is 38.6 Å². The van der Waals surface area contributed by atoms with Gasteiger partial charge >= 0.3 is 0 Å². The highest BCUT2D eigenvalue weighted by Crippen LogP contribution is 2.29. The van der Waals surface area contributed by atoms with Gasteiger partial charge in [0, 0.05) is 15.4 Å². The molecule has 0 aliphatic heterocycles. The number of ether oxygens (including phenoxy) is 2. The van der Waals surface area contributed by atoms with Crippen molar-refractivity contribution < 1.29 is 9.47 Å². The molecule has 0 unspecified atom stereocenters. The number of rotatable bonds is 6. The monoisotopic (exact) mass is 330 g/mol. The van der Waals surface area contributed by atoms with Crippen LogP contribution >= 0.6 is 15.9 Å². The Bertz CT molecular complexity index is 391. The first-order valence-electron chi connectivity index (χ1n) is 6.27. The highest BCUT2D eigenvalue weighted by Gasteiger charge is 2.23. The van der Waals surface area contributed by atoms with Gasteiger partial charge in [0.25, 0.3) is 0 Å². The van der Waals surface area contributed by atoms with Crippen LogP contribution in [-0.2, 0) is 11.3 Å². The maximum atomic E-state index is 5.85. The lowest BCUT2D eigenvalue weighted by Crippen LogP contribution is -2.26. The minimum absolute atomic E-state index is 0.347. The van der Waals surface area contributed by atoms with Crippen molar-refractivity contribution >= 4 is 24.7 Å². The minimum atomic E-state index is -0.686. The fourth-order valence-electron chi connectivity index (χ4n) is 1.39. The molecule has 4 heteroatoms. The molecule has 1 aromatic carbocycles. The van der Waals surface area contributed by atoms with Gasteiger partial charge in [0.05, 0.1) is 18.2 Å². The van der Waals surface area contributed by atoms with Gasteiger partial charge in [-0.15, -0.1) is 0 Å². The zero-order chi connectivity index (χ0) is 13.8. The SMILES string of the molecule is COc1cc(COCC(C)(C)[SiH](C)C)ccc1Br. The highest BCUT2D eigenvalue weighted by atomic mass is 79.9. The number of methoxy groups -OCH3 is 1. The summed E-state index contributed by atoms with van der Waals surface area (Å²) in [7, 11) is 0.992. The summed E-state index contributed by atoms with van der Waals surface area (Å²) in [4.78, 5) is 0. The van der Waals surface area contributed by atoms with Crippen LogP contribution in [0, 0.1) is 0 Å². The van der Waals surface area contributed by atoms with Crippen molar-refractivity contribution in [1.82, 2.24) is 0 Å². The molecule has 0 spiro atoms. The molecular weight excluding hydrogens is 308 g/mol. The van der Waals surface area contributed by atoms with Crippen LogP contribution in [0.4, 0.5) is 0 Å². The van der Waals surface area contributed by atoms with E-state index in [9.17, 15) is 0 Å². The van der Waals surface area contributed by atoms with Crippen molar-refractivity contribution in [3.63, 3.8) is 0 Å². The molecule has 0 aliphatic rings. The van der Waals surface area contributed by atoms with Crippen LogP contribution in [-0.4, -0.2) is 22.5 Å². The third-order valence-corrected chi connectivity index (χ3v) is 7.47. The molecule has 0 radical (unpaired) electrons. The molecule has 0 saturated carbocycles. The predicted molar refractivity (Wildman–Crippen MR) is 83.3 cm³/mol. The van der Waals surface area contributed by atoms with E-state index in [1.807, 2.05) is 12.1 Å². The maximum Gasteiger partial charge on any atom is 0.133 e. The first-order chi connectivity index (χ1) is 8.36. The third-order valence-electron chi connectivity index (χ3n) is 3.52. The van der Waals surface area contributed by atoms with E-state index in [4.69, 9.17) is 9.47 Å². The van der Waals surface area contributed by atoms with Crippen LogP contribution < -0.4 is 4.74 Å². The Morgan fingerprint density at radius 1 is 1.28 bits per heavy atom. The molecule has 102 valence electrons. The Balaban J connectivity index is 2.54. The Labute approximate surface area is 120 Å². The van der Waals surface area contributed by atoms with Gasteiger partial charge in [0.1, 0.15) is 5.75 Å². The second kappa shape index (κ2) is 6.73. The standard InChI is InChI=1S/C14H23BrO2Si/c1-14(2,18(4)5)10-17-9-11-6-7-12(15)13(8-11)16-3/h6-8,18H,9-10H2,1-5H3. The van der Waals surface area contributed by atoms with Gasteiger partial charge in [-0.2, -0.15) is 0 Å². The topological polar surface area (TPSA) is 18.5 Å². The minimum Gasteiger partial charge on any atom is -0.496 e. The average Bonchev–Trinajstić information content (AvgIpc) is 2.31. The van der Waals surface area contributed by atoms with Crippen molar-refractivity contribution in [2.24, 2.45) is 0 Å². The number of hydrogen-bond donors (Lipinski definition) is 0. The van der Waals surface area contributed by atoms with E-state index in [0.717, 1.165) is 22.4 Å². The molecule has 0 N–H and O–H groups in total. The van der Waals surface area contributed by atoms with Crippen LogP contribution in [0.3, 0.4) is 0 Å². The average molecular weight is 331 g/mol. The summed E-state index contributed by atoms with van der Waals surface area (Å²) in [6, 6.07) is 6.08. The third kappa shape index (κ3) is 4.41. The zero-order valence-electron chi connectivity index (χ0n) is 11.9. The van der Waals surface area contributed by atoms with Crippen LogP contribution in [0.2, 0.25) is 18.1 Å². The molecule has 0 atom stereocenters. The number of hydrogen-bond acceptors (Lipinski definition) is 2. The lowest BCUT2D eigenvalue weighted by Gasteiger charge is -2.27.